The van der Waals surface area contributed by atoms with Crippen molar-refractivity contribution in [2.24, 2.45) is 0 Å². The lowest BCUT2D eigenvalue weighted by molar-refractivity contribution is 0.218. The van der Waals surface area contributed by atoms with Crippen LogP contribution >= 0.6 is 28.4 Å². The van der Waals surface area contributed by atoms with Crippen LogP contribution in [0.15, 0.2) is 0 Å². The van der Waals surface area contributed by atoms with Crippen LogP contribution in [0, 0.1) is 0 Å². The number of nitrogens with one attached hydrogen (secondary N) is 1. The molecule has 1 N–H and O–H groups in total. The zero-order chi connectivity index (χ0) is 8.10. The minimum Gasteiger partial charge on any atom is -0.303 e. The molecule has 1 aliphatic rings. The third-order valence-corrected chi connectivity index (χ3v) is 3.75. The van der Waals surface area contributed by atoms with Crippen molar-refractivity contribution in [2.75, 3.05) is 19.6 Å². The van der Waals surface area contributed by atoms with Crippen molar-refractivity contribution >= 4 is 28.4 Å². The molecule has 0 spiro atoms. The molecule has 1 saturated heterocycles. The van der Waals surface area contributed by atoms with Crippen molar-refractivity contribution in [3.8, 4) is 0 Å². The smallest absolute Gasteiger partial charge is 0.0136 e. The molecule has 0 bridgehead atoms. The number of piperidine rings is 1. The predicted molar refractivity (Wildman–Crippen MR) is 60.6 cm³/mol. The van der Waals surface area contributed by atoms with Gasteiger partial charge in [-0.25, -0.2) is 0 Å². The van der Waals surface area contributed by atoms with Gasteiger partial charge in [-0.2, -0.15) is 0 Å². The van der Waals surface area contributed by atoms with E-state index in [1.807, 2.05) is 0 Å². The summed E-state index contributed by atoms with van der Waals surface area (Å²) in [4.78, 5) is 2.52. The van der Waals surface area contributed by atoms with Gasteiger partial charge in [0.05, 0.1) is 0 Å². The van der Waals surface area contributed by atoms with Crippen LogP contribution in [-0.2, 0) is 0 Å². The maximum absolute atomic E-state index is 3.52. The third kappa shape index (κ3) is 3.53. The second-order valence-electron chi connectivity index (χ2n) is 2.95. The van der Waals surface area contributed by atoms with E-state index < -0.39 is 0 Å². The Balaban J connectivity index is 2.14. The molecule has 0 aromatic rings. The summed E-state index contributed by atoms with van der Waals surface area (Å²) >= 11 is 2.41. The van der Waals surface area contributed by atoms with Crippen LogP contribution in [-0.4, -0.2) is 30.6 Å². The molecule has 4 heteroatoms. The molecule has 1 atom stereocenters. The average Bonchev–Trinajstić information content (AvgIpc) is 2.07. The lowest BCUT2D eigenvalue weighted by Gasteiger charge is -2.30. The Labute approximate surface area is 83.8 Å². The monoisotopic (exact) mass is 286 g/mol. The molecule has 66 valence electrons. The van der Waals surface area contributed by atoms with Crippen molar-refractivity contribution in [3.63, 3.8) is 0 Å². The van der Waals surface area contributed by atoms with Gasteiger partial charge in [0.2, 0.25) is 0 Å². The summed E-state index contributed by atoms with van der Waals surface area (Å²) in [6.07, 6.45) is 3.56. The van der Waals surface area contributed by atoms with E-state index in [0.29, 0.717) is 0 Å². The normalized spacial score (nSPS) is 23.5. The van der Waals surface area contributed by atoms with Crippen molar-refractivity contribution < 1.29 is 0 Å². The first-order chi connectivity index (χ1) is 5.36. The highest BCUT2D eigenvalue weighted by atomic mass is 127. The number of nitrogens with zero attached hydrogens (tertiary/aromatic N) is 1. The second-order valence-corrected chi connectivity index (χ2v) is 5.04. The largest absolute Gasteiger partial charge is 0.303 e. The molecule has 2 nitrogen and oxygen atoms in total. The topological polar surface area (TPSA) is 15.3 Å². The van der Waals surface area contributed by atoms with Gasteiger partial charge in [0.25, 0.3) is 0 Å². The lowest BCUT2D eigenvalue weighted by Crippen LogP contribution is -2.39. The molecule has 1 aliphatic heterocycles. The molecular formula is C7H16IN2P. The Morgan fingerprint density at radius 2 is 2.18 bits per heavy atom. The van der Waals surface area contributed by atoms with Crippen molar-refractivity contribution in [1.29, 1.82) is 0 Å². The van der Waals surface area contributed by atoms with Gasteiger partial charge in [-0.15, -0.1) is 0 Å². The van der Waals surface area contributed by atoms with Gasteiger partial charge in [0.1, 0.15) is 0 Å². The van der Waals surface area contributed by atoms with Crippen LogP contribution in [0.5, 0.6) is 0 Å². The molecule has 0 aromatic heterocycles. The summed E-state index contributed by atoms with van der Waals surface area (Å²) in [7, 11) is 0. The summed E-state index contributed by atoms with van der Waals surface area (Å²) in [6.45, 7) is 6.04. The van der Waals surface area contributed by atoms with E-state index in [1.165, 1.54) is 32.5 Å². The van der Waals surface area contributed by atoms with E-state index in [9.17, 15) is 0 Å². The molecule has 0 aliphatic carbocycles. The minimum absolute atomic E-state index is 0.799. The fourth-order valence-corrected chi connectivity index (χ4v) is 3.23. The molecule has 0 saturated carbocycles. The van der Waals surface area contributed by atoms with E-state index in [4.69, 9.17) is 0 Å². The summed E-state index contributed by atoms with van der Waals surface area (Å²) < 4.78 is 0. The minimum atomic E-state index is 0.799. The van der Waals surface area contributed by atoms with Gasteiger partial charge >= 0.3 is 0 Å². The van der Waals surface area contributed by atoms with Crippen molar-refractivity contribution in [3.05, 3.63) is 0 Å². The van der Waals surface area contributed by atoms with Crippen LogP contribution in [0.25, 0.3) is 0 Å². The second kappa shape index (κ2) is 5.68. The van der Waals surface area contributed by atoms with Gasteiger partial charge in [0.15, 0.2) is 0 Å². The molecule has 1 unspecified atom stereocenters. The van der Waals surface area contributed by atoms with E-state index in [2.05, 4.69) is 39.0 Å². The van der Waals surface area contributed by atoms with Gasteiger partial charge in [0, 0.05) is 12.4 Å². The van der Waals surface area contributed by atoms with E-state index in [1.54, 1.807) is 0 Å². The van der Waals surface area contributed by atoms with Gasteiger partial charge < -0.3 is 4.90 Å². The standard InChI is InChI=1S/C7H16IN2P/c1-2-10-5-3-7(4-6-10)9-11-8/h7,9,11H,2-6H2,1H3. The quantitative estimate of drug-likeness (QED) is 0.630. The number of likely N-dealkylation sites (tertiary alicyclic amines) is 1. The van der Waals surface area contributed by atoms with Crippen molar-refractivity contribution in [2.45, 2.75) is 25.8 Å². The average molecular weight is 286 g/mol. The van der Waals surface area contributed by atoms with E-state index in [0.717, 1.165) is 12.4 Å². The maximum atomic E-state index is 3.52. The highest BCUT2D eigenvalue weighted by molar-refractivity contribution is 14.2. The zero-order valence-electron chi connectivity index (χ0n) is 6.94. The van der Waals surface area contributed by atoms with Crippen LogP contribution in [0.3, 0.4) is 0 Å². The molecule has 1 heterocycles. The Hall–Kier alpha value is 1.08. The zero-order valence-corrected chi connectivity index (χ0v) is 10.1. The van der Waals surface area contributed by atoms with Gasteiger partial charge in [-0.1, -0.05) is 6.92 Å². The van der Waals surface area contributed by atoms with Crippen molar-refractivity contribution in [1.82, 2.24) is 9.99 Å². The number of hydrogen-bond acceptors (Lipinski definition) is 2. The Kier molecular flexibility index (Phi) is 5.25. The maximum Gasteiger partial charge on any atom is 0.0136 e. The number of halogens is 1. The molecule has 0 aromatic carbocycles. The molecule has 1 rings (SSSR count). The first-order valence-corrected chi connectivity index (χ1v) is 8.31. The number of hydrogen-bond donors (Lipinski definition) is 1. The lowest BCUT2D eigenvalue weighted by atomic mass is 10.1. The molecule has 0 radical (unpaired) electrons. The molecular weight excluding hydrogens is 270 g/mol. The summed E-state index contributed by atoms with van der Waals surface area (Å²) in [5, 5.41) is 3.52. The Bertz CT molecular complexity index is 105. The Morgan fingerprint density at radius 3 is 2.64 bits per heavy atom. The molecule has 0 amide bonds. The SMILES string of the molecule is CCN1CCC(NPI)CC1. The highest BCUT2D eigenvalue weighted by Crippen LogP contribution is 2.20. The highest BCUT2D eigenvalue weighted by Gasteiger charge is 2.16. The van der Waals surface area contributed by atoms with Crippen LogP contribution < -0.4 is 5.09 Å². The Morgan fingerprint density at radius 1 is 1.55 bits per heavy atom. The molecule has 1 fully saturated rings. The van der Waals surface area contributed by atoms with Crippen LogP contribution in [0.1, 0.15) is 19.8 Å². The van der Waals surface area contributed by atoms with Crippen LogP contribution in [0.2, 0.25) is 0 Å². The van der Waals surface area contributed by atoms with E-state index >= 15 is 0 Å². The van der Waals surface area contributed by atoms with E-state index in [-0.39, 0.29) is 0 Å². The summed E-state index contributed by atoms with van der Waals surface area (Å²) in [5.74, 6) is 0. The predicted octanol–water partition coefficient (Wildman–Crippen LogP) is 2.00. The van der Waals surface area contributed by atoms with Crippen LogP contribution in [0.4, 0.5) is 0 Å². The molecule has 11 heavy (non-hydrogen) atoms. The first kappa shape index (κ1) is 10.2. The summed E-state index contributed by atoms with van der Waals surface area (Å²) in [6, 6.07) is 0.799. The first-order valence-electron chi connectivity index (χ1n) is 4.20. The van der Waals surface area contributed by atoms with Gasteiger partial charge in [-0.05, 0) is 54.5 Å². The third-order valence-electron chi connectivity index (χ3n) is 2.29. The van der Waals surface area contributed by atoms with Gasteiger partial charge in [-0.3, -0.25) is 5.09 Å². The fourth-order valence-electron chi connectivity index (χ4n) is 1.47. The number of rotatable bonds is 3. The fraction of sp³-hybridized carbons (Fsp3) is 1.00. The summed E-state index contributed by atoms with van der Waals surface area (Å²) in [5.41, 5.74) is 0.